The molecule has 0 saturated carbocycles. The summed E-state index contributed by atoms with van der Waals surface area (Å²) in [6, 6.07) is 9.57. The maximum absolute atomic E-state index is 12.5. The van der Waals surface area contributed by atoms with E-state index < -0.39 is 0 Å². The molecule has 0 bridgehead atoms. The van der Waals surface area contributed by atoms with Gasteiger partial charge in [-0.1, -0.05) is 24.1 Å². The quantitative estimate of drug-likeness (QED) is 0.551. The highest BCUT2D eigenvalue weighted by molar-refractivity contribution is 5.76. The monoisotopic (exact) mass is 379 g/mol. The Bertz CT molecular complexity index is 798. The van der Waals surface area contributed by atoms with E-state index in [9.17, 15) is 4.79 Å². The number of aromatic nitrogens is 2. The van der Waals surface area contributed by atoms with Crippen LogP contribution in [0.4, 0.5) is 5.95 Å². The molecule has 146 valence electrons. The number of terminal acetylenes is 1. The predicted octanol–water partition coefficient (Wildman–Crippen LogP) is 1.32. The highest BCUT2D eigenvalue weighted by Gasteiger charge is 2.21. The van der Waals surface area contributed by atoms with Crippen LogP contribution in [0.3, 0.4) is 0 Å². The molecule has 0 unspecified atom stereocenters. The standard InChI is InChI=1S/C21H25N5O2/c1-2-16-28-19-7-4-3-6-18(19)17-22-11-8-20(27)25-12-14-26(15-13-25)21-23-9-5-10-24-21/h1,3-7,9-10,22H,8,11-17H2. The molecule has 28 heavy (non-hydrogen) atoms. The van der Waals surface area contributed by atoms with Crippen LogP contribution >= 0.6 is 0 Å². The van der Waals surface area contributed by atoms with Crippen molar-refractivity contribution >= 4 is 11.9 Å². The van der Waals surface area contributed by atoms with E-state index in [0.29, 0.717) is 32.6 Å². The molecule has 0 radical (unpaired) electrons. The number of rotatable bonds is 8. The minimum absolute atomic E-state index is 0.165. The van der Waals surface area contributed by atoms with Crippen molar-refractivity contribution in [3.05, 3.63) is 48.3 Å². The Labute approximate surface area is 165 Å². The zero-order chi connectivity index (χ0) is 19.6. The van der Waals surface area contributed by atoms with Crippen LogP contribution in [0.1, 0.15) is 12.0 Å². The van der Waals surface area contributed by atoms with Crippen LogP contribution in [0.15, 0.2) is 42.7 Å². The van der Waals surface area contributed by atoms with Gasteiger partial charge in [-0.3, -0.25) is 4.79 Å². The van der Waals surface area contributed by atoms with Crippen LogP contribution in [0.25, 0.3) is 0 Å². The van der Waals surface area contributed by atoms with E-state index in [1.165, 1.54) is 0 Å². The second kappa shape index (κ2) is 10.3. The molecule has 1 fully saturated rings. The summed E-state index contributed by atoms with van der Waals surface area (Å²) in [5.41, 5.74) is 1.03. The van der Waals surface area contributed by atoms with E-state index >= 15 is 0 Å². The molecule has 0 aliphatic carbocycles. The number of para-hydroxylation sites is 1. The van der Waals surface area contributed by atoms with E-state index in [2.05, 4.69) is 26.1 Å². The van der Waals surface area contributed by atoms with Crippen LogP contribution in [-0.2, 0) is 11.3 Å². The number of anilines is 1. The zero-order valence-electron chi connectivity index (χ0n) is 15.9. The molecule has 7 heteroatoms. The van der Waals surface area contributed by atoms with E-state index in [1.54, 1.807) is 18.5 Å². The van der Waals surface area contributed by atoms with Gasteiger partial charge in [-0.05, 0) is 12.1 Å². The number of nitrogens with one attached hydrogen (secondary N) is 1. The van der Waals surface area contributed by atoms with Crippen LogP contribution in [-0.4, -0.2) is 60.1 Å². The van der Waals surface area contributed by atoms with Gasteiger partial charge in [0, 0.05) is 63.6 Å². The SMILES string of the molecule is C#CCOc1ccccc1CNCCC(=O)N1CCN(c2ncccn2)CC1. The second-order valence-corrected chi connectivity index (χ2v) is 6.44. The Morgan fingerprint density at radius 2 is 1.89 bits per heavy atom. The first kappa shape index (κ1) is 19.6. The van der Waals surface area contributed by atoms with Gasteiger partial charge < -0.3 is 19.9 Å². The summed E-state index contributed by atoms with van der Waals surface area (Å²) in [6.07, 6.45) is 9.19. The maximum atomic E-state index is 12.5. The highest BCUT2D eigenvalue weighted by atomic mass is 16.5. The molecule has 0 spiro atoms. The van der Waals surface area contributed by atoms with Gasteiger partial charge in [0.15, 0.2) is 0 Å². The van der Waals surface area contributed by atoms with Crippen molar-refractivity contribution in [3.63, 3.8) is 0 Å². The maximum Gasteiger partial charge on any atom is 0.225 e. The van der Waals surface area contributed by atoms with Crippen molar-refractivity contribution in [2.45, 2.75) is 13.0 Å². The minimum atomic E-state index is 0.165. The summed E-state index contributed by atoms with van der Waals surface area (Å²) in [6.45, 7) is 4.39. The molecule has 1 aromatic carbocycles. The molecule has 1 aromatic heterocycles. The van der Waals surface area contributed by atoms with E-state index in [4.69, 9.17) is 11.2 Å². The molecular weight excluding hydrogens is 354 g/mol. The third kappa shape index (κ3) is 5.44. The Kier molecular flexibility index (Phi) is 7.21. The Morgan fingerprint density at radius 1 is 1.14 bits per heavy atom. The molecule has 1 N–H and O–H groups in total. The molecule has 1 amide bonds. The van der Waals surface area contributed by atoms with Crippen molar-refractivity contribution in [3.8, 4) is 18.1 Å². The molecule has 1 saturated heterocycles. The number of hydrogen-bond donors (Lipinski definition) is 1. The van der Waals surface area contributed by atoms with Crippen molar-refractivity contribution in [2.75, 3.05) is 44.2 Å². The van der Waals surface area contributed by atoms with Crippen LogP contribution in [0.5, 0.6) is 5.75 Å². The number of amides is 1. The fourth-order valence-electron chi connectivity index (χ4n) is 3.10. The van der Waals surface area contributed by atoms with Gasteiger partial charge >= 0.3 is 0 Å². The number of hydrogen-bond acceptors (Lipinski definition) is 6. The Morgan fingerprint density at radius 3 is 2.64 bits per heavy atom. The average molecular weight is 379 g/mol. The van der Waals surface area contributed by atoms with Crippen molar-refractivity contribution in [2.24, 2.45) is 0 Å². The molecule has 1 aliphatic rings. The van der Waals surface area contributed by atoms with Gasteiger partial charge in [0.05, 0.1) is 0 Å². The number of nitrogens with zero attached hydrogens (tertiary/aromatic N) is 4. The largest absolute Gasteiger partial charge is 0.481 e. The van der Waals surface area contributed by atoms with Gasteiger partial charge in [0.25, 0.3) is 0 Å². The van der Waals surface area contributed by atoms with Gasteiger partial charge in [-0.2, -0.15) is 0 Å². The lowest BCUT2D eigenvalue weighted by atomic mass is 10.2. The summed E-state index contributed by atoms with van der Waals surface area (Å²) in [5, 5.41) is 3.31. The summed E-state index contributed by atoms with van der Waals surface area (Å²) >= 11 is 0. The molecule has 0 atom stereocenters. The lowest BCUT2D eigenvalue weighted by Gasteiger charge is -2.34. The number of ether oxygens (including phenoxy) is 1. The van der Waals surface area contributed by atoms with Gasteiger partial charge in [0.1, 0.15) is 12.4 Å². The normalized spacial score (nSPS) is 13.8. The Hall–Kier alpha value is -3.11. The topological polar surface area (TPSA) is 70.6 Å². The van der Waals surface area contributed by atoms with Gasteiger partial charge in [-0.15, -0.1) is 6.42 Å². The minimum Gasteiger partial charge on any atom is -0.481 e. The fraction of sp³-hybridized carbons (Fsp3) is 0.381. The molecule has 7 nitrogen and oxygen atoms in total. The lowest BCUT2D eigenvalue weighted by Crippen LogP contribution is -2.49. The number of carbonyl (C=O) groups excluding carboxylic acids is 1. The average Bonchev–Trinajstić information content (AvgIpc) is 2.76. The molecular formula is C21H25N5O2. The third-order valence-corrected chi connectivity index (χ3v) is 4.58. The van der Waals surface area contributed by atoms with Gasteiger partial charge in [-0.25, -0.2) is 9.97 Å². The third-order valence-electron chi connectivity index (χ3n) is 4.58. The molecule has 1 aliphatic heterocycles. The lowest BCUT2D eigenvalue weighted by molar-refractivity contribution is -0.131. The van der Waals surface area contributed by atoms with Crippen LogP contribution < -0.4 is 15.0 Å². The van der Waals surface area contributed by atoms with Crippen LogP contribution in [0.2, 0.25) is 0 Å². The molecule has 2 heterocycles. The van der Waals surface area contributed by atoms with E-state index in [0.717, 1.165) is 30.4 Å². The highest BCUT2D eigenvalue weighted by Crippen LogP contribution is 2.17. The Balaban J connectivity index is 1.38. The predicted molar refractivity (Wildman–Crippen MR) is 108 cm³/mol. The summed E-state index contributed by atoms with van der Waals surface area (Å²) in [7, 11) is 0. The van der Waals surface area contributed by atoms with Crippen molar-refractivity contribution in [1.82, 2.24) is 20.2 Å². The first-order valence-electron chi connectivity index (χ1n) is 9.42. The second-order valence-electron chi connectivity index (χ2n) is 6.44. The van der Waals surface area contributed by atoms with E-state index in [1.807, 2.05) is 29.2 Å². The number of benzene rings is 1. The number of piperazine rings is 1. The first-order chi connectivity index (χ1) is 13.8. The smallest absolute Gasteiger partial charge is 0.225 e. The first-order valence-corrected chi connectivity index (χ1v) is 9.42. The summed E-state index contributed by atoms with van der Waals surface area (Å²) in [4.78, 5) is 25.0. The zero-order valence-corrected chi connectivity index (χ0v) is 15.9. The van der Waals surface area contributed by atoms with E-state index in [-0.39, 0.29) is 12.5 Å². The summed E-state index contributed by atoms with van der Waals surface area (Å²) in [5.74, 6) is 4.14. The summed E-state index contributed by atoms with van der Waals surface area (Å²) < 4.78 is 5.54. The van der Waals surface area contributed by atoms with Crippen LogP contribution in [0, 0.1) is 12.3 Å². The fourth-order valence-corrected chi connectivity index (χ4v) is 3.10. The molecule has 3 rings (SSSR count). The molecule has 2 aromatic rings. The van der Waals surface area contributed by atoms with Gasteiger partial charge in [0.2, 0.25) is 11.9 Å². The van der Waals surface area contributed by atoms with Crippen molar-refractivity contribution in [1.29, 1.82) is 0 Å². The number of carbonyl (C=O) groups is 1. The van der Waals surface area contributed by atoms with Crippen molar-refractivity contribution < 1.29 is 9.53 Å².